The SMILES string of the molecule is CCCC[C@H](CC)[C@@](O)(CCCCOC)c1cccc(Cl)c1. The van der Waals surface area contributed by atoms with Crippen LogP contribution in [0.1, 0.15) is 64.4 Å². The fraction of sp³-hybridized carbons (Fsp3) is 0.684. The Bertz CT molecular complexity index is 422. The summed E-state index contributed by atoms with van der Waals surface area (Å²) >= 11 is 6.16. The second-order valence-electron chi connectivity index (χ2n) is 6.13. The minimum absolute atomic E-state index is 0.272. The van der Waals surface area contributed by atoms with Crippen LogP contribution in [0.4, 0.5) is 0 Å². The smallest absolute Gasteiger partial charge is 0.0925 e. The summed E-state index contributed by atoms with van der Waals surface area (Å²) in [6.45, 7) is 5.12. The van der Waals surface area contributed by atoms with Gasteiger partial charge in [-0.1, -0.05) is 56.8 Å². The zero-order valence-electron chi connectivity index (χ0n) is 14.3. The van der Waals surface area contributed by atoms with E-state index in [1.165, 1.54) is 0 Å². The van der Waals surface area contributed by atoms with Gasteiger partial charge in [0.25, 0.3) is 0 Å². The first kappa shape index (κ1) is 19.5. The van der Waals surface area contributed by atoms with Crippen LogP contribution in [-0.2, 0) is 10.3 Å². The Labute approximate surface area is 140 Å². The lowest BCUT2D eigenvalue weighted by molar-refractivity contribution is -0.0408. The van der Waals surface area contributed by atoms with Crippen LogP contribution in [-0.4, -0.2) is 18.8 Å². The van der Waals surface area contributed by atoms with Gasteiger partial charge in [0.2, 0.25) is 0 Å². The van der Waals surface area contributed by atoms with E-state index in [0.717, 1.165) is 57.1 Å². The van der Waals surface area contributed by atoms with Gasteiger partial charge in [0.15, 0.2) is 0 Å². The molecule has 1 N–H and O–H groups in total. The molecule has 0 fully saturated rings. The topological polar surface area (TPSA) is 29.5 Å². The Morgan fingerprint density at radius 1 is 1.23 bits per heavy atom. The van der Waals surface area contributed by atoms with Crippen molar-refractivity contribution in [1.82, 2.24) is 0 Å². The van der Waals surface area contributed by atoms with E-state index in [1.807, 2.05) is 24.3 Å². The maximum absolute atomic E-state index is 11.5. The van der Waals surface area contributed by atoms with Gasteiger partial charge in [-0.25, -0.2) is 0 Å². The summed E-state index contributed by atoms with van der Waals surface area (Å²) in [5, 5.41) is 12.2. The van der Waals surface area contributed by atoms with Crippen molar-refractivity contribution >= 4 is 11.6 Å². The number of aliphatic hydroxyl groups is 1. The Balaban J connectivity index is 2.96. The third kappa shape index (κ3) is 5.57. The lowest BCUT2D eigenvalue weighted by Gasteiger charge is -2.37. The quantitative estimate of drug-likeness (QED) is 0.539. The molecule has 0 heterocycles. The van der Waals surface area contributed by atoms with E-state index < -0.39 is 5.60 Å². The van der Waals surface area contributed by atoms with E-state index >= 15 is 0 Å². The summed E-state index contributed by atoms with van der Waals surface area (Å²) in [6.07, 6.45) is 7.04. The van der Waals surface area contributed by atoms with Crippen LogP contribution in [0.2, 0.25) is 5.02 Å². The number of ether oxygens (including phenoxy) is 1. The summed E-state index contributed by atoms with van der Waals surface area (Å²) in [6, 6.07) is 7.73. The molecule has 1 aromatic rings. The highest BCUT2D eigenvalue weighted by Crippen LogP contribution is 2.40. The largest absolute Gasteiger partial charge is 0.385 e. The average molecular weight is 327 g/mol. The number of hydrogen-bond acceptors (Lipinski definition) is 2. The van der Waals surface area contributed by atoms with Gasteiger partial charge < -0.3 is 9.84 Å². The maximum Gasteiger partial charge on any atom is 0.0925 e. The van der Waals surface area contributed by atoms with Gasteiger partial charge in [-0.2, -0.15) is 0 Å². The van der Waals surface area contributed by atoms with Gasteiger partial charge >= 0.3 is 0 Å². The maximum atomic E-state index is 11.5. The summed E-state index contributed by atoms with van der Waals surface area (Å²) in [4.78, 5) is 0. The van der Waals surface area contributed by atoms with Crippen LogP contribution >= 0.6 is 11.6 Å². The van der Waals surface area contributed by atoms with E-state index in [9.17, 15) is 5.11 Å². The Hall–Kier alpha value is -0.570. The summed E-state index contributed by atoms with van der Waals surface area (Å²) < 4.78 is 5.13. The average Bonchev–Trinajstić information content (AvgIpc) is 2.52. The standard InChI is InChI=1S/C19H31ClO2/c1-4-6-10-16(5-2)19(21,13-7-8-14-22-3)17-11-9-12-18(20)15-17/h9,11-12,15-16,21H,4-8,10,13-14H2,1-3H3/t16-,19-/m0/s1. The second kappa shape index (κ2) is 10.3. The van der Waals surface area contributed by atoms with Gasteiger partial charge in [-0.05, 0) is 49.3 Å². The normalized spacial score (nSPS) is 15.5. The van der Waals surface area contributed by atoms with Gasteiger partial charge in [0.1, 0.15) is 0 Å². The lowest BCUT2D eigenvalue weighted by Crippen LogP contribution is -2.35. The predicted molar refractivity (Wildman–Crippen MR) is 94.4 cm³/mol. The minimum Gasteiger partial charge on any atom is -0.385 e. The molecule has 0 amide bonds. The molecule has 1 rings (SSSR count). The van der Waals surface area contributed by atoms with Crippen molar-refractivity contribution in [2.24, 2.45) is 5.92 Å². The van der Waals surface area contributed by atoms with E-state index in [-0.39, 0.29) is 5.92 Å². The molecule has 0 spiro atoms. The molecule has 0 aliphatic carbocycles. The Morgan fingerprint density at radius 3 is 2.59 bits per heavy atom. The summed E-state index contributed by atoms with van der Waals surface area (Å²) in [5.41, 5.74) is 0.170. The fourth-order valence-corrected chi connectivity index (χ4v) is 3.40. The van der Waals surface area contributed by atoms with Crippen molar-refractivity contribution in [3.8, 4) is 0 Å². The van der Waals surface area contributed by atoms with Crippen LogP contribution in [0.25, 0.3) is 0 Å². The van der Waals surface area contributed by atoms with Gasteiger partial charge in [-0.3, -0.25) is 0 Å². The monoisotopic (exact) mass is 326 g/mol. The highest BCUT2D eigenvalue weighted by molar-refractivity contribution is 6.30. The third-order valence-electron chi connectivity index (χ3n) is 4.56. The molecule has 1 aromatic carbocycles. The van der Waals surface area contributed by atoms with Crippen molar-refractivity contribution in [2.75, 3.05) is 13.7 Å². The van der Waals surface area contributed by atoms with Crippen LogP contribution < -0.4 is 0 Å². The Kier molecular flexibility index (Phi) is 9.08. The molecule has 0 unspecified atom stereocenters. The first-order valence-electron chi connectivity index (χ1n) is 8.55. The second-order valence-corrected chi connectivity index (χ2v) is 6.57. The number of unbranched alkanes of at least 4 members (excludes halogenated alkanes) is 2. The van der Waals surface area contributed by atoms with Crippen LogP contribution in [0.5, 0.6) is 0 Å². The zero-order chi connectivity index (χ0) is 16.4. The molecular formula is C19H31ClO2. The number of methoxy groups -OCH3 is 1. The molecule has 0 bridgehead atoms. The van der Waals surface area contributed by atoms with Gasteiger partial charge in [-0.15, -0.1) is 0 Å². The van der Waals surface area contributed by atoms with E-state index in [4.69, 9.17) is 16.3 Å². The molecule has 2 atom stereocenters. The van der Waals surface area contributed by atoms with E-state index in [0.29, 0.717) is 5.02 Å². The summed E-state index contributed by atoms with van der Waals surface area (Å²) in [5.74, 6) is 0.272. The highest BCUT2D eigenvalue weighted by atomic mass is 35.5. The predicted octanol–water partition coefficient (Wildman–Crippen LogP) is 5.56. The van der Waals surface area contributed by atoms with Gasteiger partial charge in [0.05, 0.1) is 5.60 Å². The van der Waals surface area contributed by atoms with Crippen LogP contribution in [0.3, 0.4) is 0 Å². The first-order valence-corrected chi connectivity index (χ1v) is 8.93. The molecule has 0 saturated heterocycles. The molecule has 0 aliphatic rings. The van der Waals surface area contributed by atoms with Crippen molar-refractivity contribution in [3.05, 3.63) is 34.9 Å². The molecule has 3 heteroatoms. The number of benzene rings is 1. The Morgan fingerprint density at radius 2 is 2.00 bits per heavy atom. The number of hydrogen-bond donors (Lipinski definition) is 1. The van der Waals surface area contributed by atoms with Gasteiger partial charge in [0, 0.05) is 18.7 Å². The third-order valence-corrected chi connectivity index (χ3v) is 4.79. The van der Waals surface area contributed by atoms with Crippen LogP contribution in [0, 0.1) is 5.92 Å². The number of halogens is 1. The number of rotatable bonds is 11. The molecule has 22 heavy (non-hydrogen) atoms. The van der Waals surface area contributed by atoms with E-state index in [2.05, 4.69) is 13.8 Å². The van der Waals surface area contributed by atoms with Crippen molar-refractivity contribution in [2.45, 2.75) is 64.4 Å². The van der Waals surface area contributed by atoms with Crippen molar-refractivity contribution in [3.63, 3.8) is 0 Å². The molecule has 126 valence electrons. The summed E-state index contributed by atoms with van der Waals surface area (Å²) in [7, 11) is 1.72. The molecule has 0 saturated carbocycles. The molecule has 0 aliphatic heterocycles. The minimum atomic E-state index is -0.789. The molecule has 2 nitrogen and oxygen atoms in total. The van der Waals surface area contributed by atoms with Crippen LogP contribution in [0.15, 0.2) is 24.3 Å². The highest BCUT2D eigenvalue weighted by Gasteiger charge is 2.36. The molecule has 0 aromatic heterocycles. The van der Waals surface area contributed by atoms with Crippen molar-refractivity contribution < 1.29 is 9.84 Å². The zero-order valence-corrected chi connectivity index (χ0v) is 15.0. The van der Waals surface area contributed by atoms with E-state index in [1.54, 1.807) is 7.11 Å². The first-order chi connectivity index (χ1) is 10.6. The molecular weight excluding hydrogens is 296 g/mol. The lowest BCUT2D eigenvalue weighted by atomic mass is 9.74. The fourth-order valence-electron chi connectivity index (χ4n) is 3.21. The molecule has 0 radical (unpaired) electrons. The van der Waals surface area contributed by atoms with Crippen molar-refractivity contribution in [1.29, 1.82) is 0 Å².